The van der Waals surface area contributed by atoms with E-state index >= 15 is 0 Å². The zero-order chi connectivity index (χ0) is 21.4. The molecule has 1 N–H and O–H groups in total. The topological polar surface area (TPSA) is 109 Å². The molecule has 0 aliphatic carbocycles. The molecule has 0 heterocycles. The number of rotatable bonds is 8. The monoisotopic (exact) mass is 403 g/mol. The van der Waals surface area contributed by atoms with E-state index in [0.717, 1.165) is 0 Å². The molecule has 2 aromatic carbocycles. The van der Waals surface area contributed by atoms with Crippen molar-refractivity contribution in [2.75, 3.05) is 40.4 Å². The normalized spacial score (nSPS) is 9.93. The Kier molecular flexibility index (Phi) is 7.41. The summed E-state index contributed by atoms with van der Waals surface area (Å²) in [6.45, 7) is -0.519. The number of hydrogen-bond acceptors (Lipinski definition) is 8. The van der Waals surface area contributed by atoms with E-state index in [2.05, 4.69) is 10.1 Å². The second-order valence-electron chi connectivity index (χ2n) is 5.58. The molecule has 0 aliphatic heterocycles. The minimum Gasteiger partial charge on any atom is -0.493 e. The van der Waals surface area contributed by atoms with Crippen molar-refractivity contribution in [3.63, 3.8) is 0 Å². The highest BCUT2D eigenvalue weighted by Gasteiger charge is 2.22. The highest BCUT2D eigenvalue weighted by molar-refractivity contribution is 5.98. The van der Waals surface area contributed by atoms with Crippen LogP contribution in [0.1, 0.15) is 20.7 Å². The van der Waals surface area contributed by atoms with Crippen LogP contribution in [0.5, 0.6) is 17.2 Å². The molecular weight excluding hydrogens is 382 g/mol. The third-order valence-corrected chi connectivity index (χ3v) is 3.85. The zero-order valence-electron chi connectivity index (χ0n) is 16.4. The number of hydrogen-bond donors (Lipinski definition) is 1. The molecule has 0 aliphatic rings. The standard InChI is InChI=1S/C20H21NO8/c1-25-15-10-9-14(17(26-2)18(15)27-3)20(24)29-11-16(22)21-13-7-5-12(6-8-13)19(23)28-4/h5-10H,11H2,1-4H3,(H,21,22). The highest BCUT2D eigenvalue weighted by Crippen LogP contribution is 2.39. The summed E-state index contributed by atoms with van der Waals surface area (Å²) in [4.78, 5) is 35.8. The van der Waals surface area contributed by atoms with Gasteiger partial charge in [-0.15, -0.1) is 0 Å². The molecular formula is C20H21NO8. The lowest BCUT2D eigenvalue weighted by atomic mass is 10.1. The third kappa shape index (κ3) is 5.16. The van der Waals surface area contributed by atoms with Crippen LogP contribution in [0.25, 0.3) is 0 Å². The van der Waals surface area contributed by atoms with Crippen molar-refractivity contribution in [1.82, 2.24) is 0 Å². The van der Waals surface area contributed by atoms with E-state index in [1.807, 2.05) is 0 Å². The van der Waals surface area contributed by atoms with E-state index < -0.39 is 24.5 Å². The molecule has 0 saturated heterocycles. The fourth-order valence-corrected chi connectivity index (χ4v) is 2.48. The number of methoxy groups -OCH3 is 4. The second-order valence-corrected chi connectivity index (χ2v) is 5.58. The number of carbonyl (C=O) groups excluding carboxylic acids is 3. The van der Waals surface area contributed by atoms with Crippen molar-refractivity contribution in [1.29, 1.82) is 0 Å². The van der Waals surface area contributed by atoms with E-state index in [-0.39, 0.29) is 17.1 Å². The molecule has 0 bridgehead atoms. The molecule has 0 atom stereocenters. The lowest BCUT2D eigenvalue weighted by Crippen LogP contribution is -2.21. The summed E-state index contributed by atoms with van der Waals surface area (Å²) in [5, 5.41) is 2.56. The van der Waals surface area contributed by atoms with Crippen LogP contribution in [-0.2, 0) is 14.3 Å². The predicted octanol–water partition coefficient (Wildman–Crippen LogP) is 2.29. The van der Waals surface area contributed by atoms with Crippen LogP contribution in [0.4, 0.5) is 5.69 Å². The van der Waals surface area contributed by atoms with Gasteiger partial charge < -0.3 is 29.0 Å². The molecule has 0 unspecified atom stereocenters. The Hall–Kier alpha value is -3.75. The number of nitrogens with one attached hydrogen (secondary N) is 1. The maximum absolute atomic E-state index is 12.4. The highest BCUT2D eigenvalue weighted by atomic mass is 16.5. The number of anilines is 1. The number of ether oxygens (including phenoxy) is 5. The Morgan fingerprint density at radius 1 is 0.793 bits per heavy atom. The molecule has 0 radical (unpaired) electrons. The molecule has 1 amide bonds. The number of amides is 1. The van der Waals surface area contributed by atoms with E-state index in [1.165, 1.54) is 64.8 Å². The summed E-state index contributed by atoms with van der Waals surface area (Å²) in [6.07, 6.45) is 0. The van der Waals surface area contributed by atoms with Gasteiger partial charge in [-0.1, -0.05) is 0 Å². The molecule has 9 nitrogen and oxygen atoms in total. The largest absolute Gasteiger partial charge is 0.493 e. The first-order valence-electron chi connectivity index (χ1n) is 8.39. The van der Waals surface area contributed by atoms with Gasteiger partial charge in [0.1, 0.15) is 5.56 Å². The maximum atomic E-state index is 12.4. The van der Waals surface area contributed by atoms with Crippen LogP contribution in [0.15, 0.2) is 36.4 Å². The average molecular weight is 403 g/mol. The molecule has 0 aromatic heterocycles. The van der Waals surface area contributed by atoms with Crippen LogP contribution in [0.3, 0.4) is 0 Å². The van der Waals surface area contributed by atoms with Crippen molar-refractivity contribution in [3.05, 3.63) is 47.5 Å². The quantitative estimate of drug-likeness (QED) is 0.669. The Balaban J connectivity index is 2.02. The molecule has 2 aromatic rings. The van der Waals surface area contributed by atoms with Gasteiger partial charge in [-0.25, -0.2) is 9.59 Å². The Bertz CT molecular complexity index is 892. The van der Waals surface area contributed by atoms with Gasteiger partial charge in [0, 0.05) is 5.69 Å². The van der Waals surface area contributed by atoms with Gasteiger partial charge >= 0.3 is 11.9 Å². The van der Waals surface area contributed by atoms with E-state index in [0.29, 0.717) is 17.0 Å². The molecule has 0 fully saturated rings. The molecule has 154 valence electrons. The molecule has 29 heavy (non-hydrogen) atoms. The minimum absolute atomic E-state index is 0.0837. The maximum Gasteiger partial charge on any atom is 0.342 e. The first-order valence-corrected chi connectivity index (χ1v) is 8.39. The predicted molar refractivity (Wildman–Crippen MR) is 103 cm³/mol. The van der Waals surface area contributed by atoms with Crippen molar-refractivity contribution >= 4 is 23.5 Å². The lowest BCUT2D eigenvalue weighted by Gasteiger charge is -2.15. The van der Waals surface area contributed by atoms with Gasteiger partial charge in [-0.05, 0) is 36.4 Å². The second kappa shape index (κ2) is 9.98. The summed E-state index contributed by atoms with van der Waals surface area (Å²) < 4.78 is 25.3. The molecule has 0 spiro atoms. The van der Waals surface area contributed by atoms with Gasteiger partial charge in [0.25, 0.3) is 5.91 Å². The minimum atomic E-state index is -0.765. The fraction of sp³-hybridized carbons (Fsp3) is 0.250. The van der Waals surface area contributed by atoms with Gasteiger partial charge in [0.2, 0.25) is 5.75 Å². The van der Waals surface area contributed by atoms with Gasteiger partial charge in [0.05, 0.1) is 34.0 Å². The summed E-state index contributed by atoms with van der Waals surface area (Å²) in [5.41, 5.74) is 0.861. The van der Waals surface area contributed by atoms with Crippen LogP contribution in [0.2, 0.25) is 0 Å². The van der Waals surface area contributed by atoms with Crippen molar-refractivity contribution < 1.29 is 38.1 Å². The van der Waals surface area contributed by atoms with Crippen molar-refractivity contribution in [3.8, 4) is 17.2 Å². The number of benzene rings is 2. The van der Waals surface area contributed by atoms with Crippen molar-refractivity contribution in [2.24, 2.45) is 0 Å². The van der Waals surface area contributed by atoms with Crippen LogP contribution < -0.4 is 19.5 Å². The summed E-state index contributed by atoms with van der Waals surface area (Å²) in [5.74, 6) is -1.05. The van der Waals surface area contributed by atoms with Gasteiger partial charge in [0.15, 0.2) is 18.1 Å². The van der Waals surface area contributed by atoms with E-state index in [1.54, 1.807) is 0 Å². The number of carbonyl (C=O) groups is 3. The first kappa shape index (κ1) is 21.5. The summed E-state index contributed by atoms with van der Waals surface area (Å²) in [7, 11) is 5.52. The van der Waals surface area contributed by atoms with Crippen LogP contribution in [0, 0.1) is 0 Å². The molecule has 2 rings (SSSR count). The van der Waals surface area contributed by atoms with Gasteiger partial charge in [-0.2, -0.15) is 0 Å². The van der Waals surface area contributed by atoms with Crippen LogP contribution >= 0.6 is 0 Å². The Morgan fingerprint density at radius 3 is 2.00 bits per heavy atom. The Labute approximate surface area is 167 Å². The van der Waals surface area contributed by atoms with Crippen molar-refractivity contribution in [2.45, 2.75) is 0 Å². The summed E-state index contributed by atoms with van der Waals surface area (Å²) in [6, 6.07) is 9.05. The lowest BCUT2D eigenvalue weighted by molar-refractivity contribution is -0.119. The van der Waals surface area contributed by atoms with Crippen LogP contribution in [-0.4, -0.2) is 52.9 Å². The smallest absolute Gasteiger partial charge is 0.342 e. The molecule has 9 heteroatoms. The van der Waals surface area contributed by atoms with E-state index in [9.17, 15) is 14.4 Å². The number of esters is 2. The average Bonchev–Trinajstić information content (AvgIpc) is 2.76. The zero-order valence-corrected chi connectivity index (χ0v) is 16.4. The summed E-state index contributed by atoms with van der Waals surface area (Å²) >= 11 is 0. The van der Waals surface area contributed by atoms with Gasteiger partial charge in [-0.3, -0.25) is 4.79 Å². The first-order chi connectivity index (χ1) is 13.9. The fourth-order valence-electron chi connectivity index (χ4n) is 2.48. The molecule has 0 saturated carbocycles. The Morgan fingerprint density at radius 2 is 1.45 bits per heavy atom. The SMILES string of the molecule is COC(=O)c1ccc(NC(=O)COC(=O)c2ccc(OC)c(OC)c2OC)cc1. The third-order valence-electron chi connectivity index (χ3n) is 3.85. The van der Waals surface area contributed by atoms with E-state index in [4.69, 9.17) is 18.9 Å².